The first-order valence-corrected chi connectivity index (χ1v) is 10.7. The Morgan fingerprint density at radius 3 is 2.62 bits per heavy atom. The van der Waals surface area contributed by atoms with E-state index in [0.717, 1.165) is 29.0 Å². The van der Waals surface area contributed by atoms with Crippen LogP contribution in [0.4, 0.5) is 4.39 Å². The number of rotatable bonds is 8. The van der Waals surface area contributed by atoms with E-state index in [1.165, 1.54) is 23.3 Å². The molecular weight excluding hydrogens is 405 g/mol. The Balaban J connectivity index is 1.43. The number of hydrogen-bond acceptors (Lipinski definition) is 3. The fourth-order valence-electron chi connectivity index (χ4n) is 3.63. The molecule has 0 saturated carbocycles. The predicted octanol–water partition coefficient (Wildman–Crippen LogP) is 5.19. The van der Waals surface area contributed by atoms with Gasteiger partial charge in [0, 0.05) is 6.54 Å². The summed E-state index contributed by atoms with van der Waals surface area (Å²) in [5.41, 5.74) is 4.32. The van der Waals surface area contributed by atoms with Crippen LogP contribution in [0.2, 0.25) is 0 Å². The van der Waals surface area contributed by atoms with Gasteiger partial charge in [-0.1, -0.05) is 30.3 Å². The summed E-state index contributed by atoms with van der Waals surface area (Å²) in [4.78, 5) is 17.1. The molecule has 1 N–H and O–H groups in total. The number of benzene rings is 3. The molecule has 3 aromatic carbocycles. The third-order valence-electron chi connectivity index (χ3n) is 5.53. The molecule has 5 nitrogen and oxygen atoms in total. The highest BCUT2D eigenvalue weighted by molar-refractivity contribution is 5.94. The summed E-state index contributed by atoms with van der Waals surface area (Å²) in [6, 6.07) is 19.9. The lowest BCUT2D eigenvalue weighted by Gasteiger charge is -2.12. The molecular formula is C26H26FN3O2. The molecule has 0 bridgehead atoms. The van der Waals surface area contributed by atoms with Gasteiger partial charge in [0.15, 0.2) is 0 Å². The summed E-state index contributed by atoms with van der Waals surface area (Å²) in [5.74, 6) is 0.588. The maximum atomic E-state index is 13.9. The van der Waals surface area contributed by atoms with Gasteiger partial charge in [0.1, 0.15) is 17.4 Å². The minimum atomic E-state index is -0.540. The molecule has 1 amide bonds. The fraction of sp³-hybridized carbons (Fsp3) is 0.231. The maximum Gasteiger partial charge on any atom is 0.254 e. The molecule has 0 fully saturated rings. The minimum Gasteiger partial charge on any atom is -0.494 e. The van der Waals surface area contributed by atoms with Crippen molar-refractivity contribution < 1.29 is 13.9 Å². The highest BCUT2D eigenvalue weighted by Crippen LogP contribution is 2.19. The summed E-state index contributed by atoms with van der Waals surface area (Å²) in [6.07, 6.45) is 0.779. The maximum absolute atomic E-state index is 13.9. The number of ether oxygens (including phenoxy) is 1. The first-order chi connectivity index (χ1) is 15.5. The molecule has 0 unspecified atom stereocenters. The second-order valence-electron chi connectivity index (χ2n) is 7.78. The van der Waals surface area contributed by atoms with E-state index in [1.807, 2.05) is 36.4 Å². The SMILES string of the molecule is Cc1ccc(OCCCn2c(CNC(=O)c3ccccc3F)nc3ccccc32)cc1C. The number of fused-ring (bicyclic) bond motifs is 1. The number of aryl methyl sites for hydroxylation is 3. The zero-order valence-corrected chi connectivity index (χ0v) is 18.3. The average Bonchev–Trinajstić information content (AvgIpc) is 3.15. The monoisotopic (exact) mass is 431 g/mol. The van der Waals surface area contributed by atoms with Crippen LogP contribution in [0.5, 0.6) is 5.75 Å². The standard InChI is InChI=1S/C26H26FN3O2/c1-18-12-13-20(16-19(18)2)32-15-7-14-30-24-11-6-5-10-23(24)29-25(30)17-28-26(31)21-8-3-4-9-22(21)27/h3-6,8-13,16H,7,14-15,17H2,1-2H3,(H,28,31). The van der Waals surface area contributed by atoms with Gasteiger partial charge in [-0.25, -0.2) is 9.37 Å². The summed E-state index contributed by atoms with van der Waals surface area (Å²) in [6.45, 7) is 5.61. The number of imidazole rings is 1. The highest BCUT2D eigenvalue weighted by Gasteiger charge is 2.14. The molecule has 6 heteroatoms. The van der Waals surface area contributed by atoms with E-state index in [-0.39, 0.29) is 12.1 Å². The van der Waals surface area contributed by atoms with Crippen LogP contribution >= 0.6 is 0 Å². The topological polar surface area (TPSA) is 56.1 Å². The molecule has 0 atom stereocenters. The van der Waals surface area contributed by atoms with Crippen molar-refractivity contribution in [2.45, 2.75) is 33.4 Å². The number of carbonyl (C=O) groups excluding carboxylic acids is 1. The Labute approximate surface area is 186 Å². The lowest BCUT2D eigenvalue weighted by Crippen LogP contribution is -2.25. The van der Waals surface area contributed by atoms with E-state index < -0.39 is 11.7 Å². The first-order valence-electron chi connectivity index (χ1n) is 10.7. The molecule has 0 radical (unpaired) electrons. The second kappa shape index (κ2) is 9.64. The van der Waals surface area contributed by atoms with Crippen molar-refractivity contribution in [3.05, 3.63) is 95.1 Å². The average molecular weight is 432 g/mol. The van der Waals surface area contributed by atoms with Crippen LogP contribution in [0.1, 0.15) is 33.7 Å². The van der Waals surface area contributed by atoms with Crippen molar-refractivity contribution in [1.82, 2.24) is 14.9 Å². The number of nitrogens with one attached hydrogen (secondary N) is 1. The summed E-state index contributed by atoms with van der Waals surface area (Å²) in [5, 5.41) is 2.79. The predicted molar refractivity (Wildman–Crippen MR) is 123 cm³/mol. The van der Waals surface area contributed by atoms with Crippen molar-refractivity contribution in [3.8, 4) is 5.75 Å². The lowest BCUT2D eigenvalue weighted by molar-refractivity contribution is 0.0945. The zero-order valence-electron chi connectivity index (χ0n) is 18.3. The third-order valence-corrected chi connectivity index (χ3v) is 5.53. The number of carbonyl (C=O) groups is 1. The molecule has 1 heterocycles. The van der Waals surface area contributed by atoms with Crippen LogP contribution < -0.4 is 10.1 Å². The Bertz CT molecular complexity index is 1250. The number of hydrogen-bond donors (Lipinski definition) is 1. The van der Waals surface area contributed by atoms with Crippen LogP contribution in [-0.2, 0) is 13.1 Å². The van der Waals surface area contributed by atoms with E-state index in [0.29, 0.717) is 13.2 Å². The Kier molecular flexibility index (Phi) is 6.50. The van der Waals surface area contributed by atoms with E-state index in [4.69, 9.17) is 4.74 Å². The zero-order chi connectivity index (χ0) is 22.5. The Hall–Kier alpha value is -3.67. The second-order valence-corrected chi connectivity index (χ2v) is 7.78. The smallest absolute Gasteiger partial charge is 0.254 e. The van der Waals surface area contributed by atoms with Gasteiger partial charge in [-0.05, 0) is 67.8 Å². The normalized spacial score (nSPS) is 11.0. The number of nitrogens with zero attached hydrogens (tertiary/aromatic N) is 2. The van der Waals surface area contributed by atoms with Crippen LogP contribution in [0.3, 0.4) is 0 Å². The fourth-order valence-corrected chi connectivity index (χ4v) is 3.63. The third kappa shape index (κ3) is 4.80. The van der Waals surface area contributed by atoms with E-state index in [2.05, 4.69) is 34.8 Å². The highest BCUT2D eigenvalue weighted by atomic mass is 19.1. The molecule has 0 spiro atoms. The van der Waals surface area contributed by atoms with Gasteiger partial charge in [0.25, 0.3) is 5.91 Å². The van der Waals surface area contributed by atoms with Gasteiger partial charge in [-0.15, -0.1) is 0 Å². The molecule has 0 aliphatic carbocycles. The van der Waals surface area contributed by atoms with Crippen LogP contribution in [0.15, 0.2) is 66.7 Å². The molecule has 0 saturated heterocycles. The van der Waals surface area contributed by atoms with Crippen molar-refractivity contribution in [2.24, 2.45) is 0 Å². The summed E-state index contributed by atoms with van der Waals surface area (Å²) in [7, 11) is 0. The number of amides is 1. The summed E-state index contributed by atoms with van der Waals surface area (Å²) >= 11 is 0. The van der Waals surface area contributed by atoms with Crippen molar-refractivity contribution >= 4 is 16.9 Å². The number of aromatic nitrogens is 2. The minimum absolute atomic E-state index is 0.0250. The quantitative estimate of drug-likeness (QED) is 0.391. The van der Waals surface area contributed by atoms with Crippen molar-refractivity contribution in [1.29, 1.82) is 0 Å². The van der Waals surface area contributed by atoms with E-state index in [9.17, 15) is 9.18 Å². The molecule has 0 aliphatic rings. The first kappa shape index (κ1) is 21.6. The van der Waals surface area contributed by atoms with E-state index >= 15 is 0 Å². The number of halogens is 1. The molecule has 4 rings (SSSR count). The van der Waals surface area contributed by atoms with Crippen LogP contribution in [0.25, 0.3) is 11.0 Å². The molecule has 1 aromatic heterocycles. The lowest BCUT2D eigenvalue weighted by atomic mass is 10.1. The Morgan fingerprint density at radius 1 is 1.03 bits per heavy atom. The Morgan fingerprint density at radius 2 is 1.81 bits per heavy atom. The van der Waals surface area contributed by atoms with Crippen molar-refractivity contribution in [3.63, 3.8) is 0 Å². The molecule has 4 aromatic rings. The number of para-hydroxylation sites is 2. The molecule has 0 aliphatic heterocycles. The van der Waals surface area contributed by atoms with Crippen molar-refractivity contribution in [2.75, 3.05) is 6.61 Å². The van der Waals surface area contributed by atoms with E-state index in [1.54, 1.807) is 12.1 Å². The van der Waals surface area contributed by atoms with Gasteiger partial charge in [-0.3, -0.25) is 4.79 Å². The van der Waals surface area contributed by atoms with Gasteiger partial charge in [0.05, 0.1) is 29.7 Å². The van der Waals surface area contributed by atoms with Crippen LogP contribution in [0, 0.1) is 19.7 Å². The summed E-state index contributed by atoms with van der Waals surface area (Å²) < 4.78 is 21.9. The largest absolute Gasteiger partial charge is 0.494 e. The van der Waals surface area contributed by atoms with Crippen LogP contribution in [-0.4, -0.2) is 22.1 Å². The van der Waals surface area contributed by atoms with Gasteiger partial charge < -0.3 is 14.6 Å². The van der Waals surface area contributed by atoms with Gasteiger partial charge in [-0.2, -0.15) is 0 Å². The molecule has 32 heavy (non-hydrogen) atoms. The molecule has 164 valence electrons. The van der Waals surface area contributed by atoms with Gasteiger partial charge in [0.2, 0.25) is 0 Å². The van der Waals surface area contributed by atoms with Gasteiger partial charge >= 0.3 is 0 Å².